The molecule has 0 aliphatic heterocycles. The molecule has 1 N–H and O–H groups in total. The van der Waals surface area contributed by atoms with Gasteiger partial charge in [-0.25, -0.2) is 4.79 Å². The number of amides is 1. The number of nitrogens with one attached hydrogen (secondary N) is 1. The normalized spacial score (nSPS) is 11.7. The third kappa shape index (κ3) is 5.34. The lowest BCUT2D eigenvalue weighted by atomic mass is 10.1. The van der Waals surface area contributed by atoms with Crippen LogP contribution < -0.4 is 10.1 Å². The number of rotatable bonds is 5. The zero-order valence-electron chi connectivity index (χ0n) is 14.5. The molecular weight excluding hydrogens is 363 g/mol. The summed E-state index contributed by atoms with van der Waals surface area (Å²) in [5.74, 6) is -1.51. The van der Waals surface area contributed by atoms with Crippen molar-refractivity contribution in [2.75, 3.05) is 14.2 Å². The number of ether oxygens (including phenoxy) is 2. The van der Waals surface area contributed by atoms with Gasteiger partial charge in [-0.15, -0.1) is 0 Å². The lowest BCUT2D eigenvalue weighted by molar-refractivity contribution is -0.137. The van der Waals surface area contributed by atoms with E-state index in [2.05, 4.69) is 10.1 Å². The molecule has 1 amide bonds. The van der Waals surface area contributed by atoms with Crippen LogP contribution in [0, 0.1) is 0 Å². The van der Waals surface area contributed by atoms with Gasteiger partial charge in [0, 0.05) is 17.2 Å². The molecule has 0 saturated carbocycles. The van der Waals surface area contributed by atoms with Gasteiger partial charge in [0.15, 0.2) is 0 Å². The fourth-order valence-electron chi connectivity index (χ4n) is 2.19. The molecule has 0 saturated heterocycles. The first kappa shape index (κ1) is 20.0. The van der Waals surface area contributed by atoms with E-state index in [-0.39, 0.29) is 22.6 Å². The fourth-order valence-corrected chi connectivity index (χ4v) is 2.19. The Balaban J connectivity index is 2.50. The summed E-state index contributed by atoms with van der Waals surface area (Å²) in [6.45, 7) is 0. The minimum absolute atomic E-state index is 0.0589. The zero-order chi connectivity index (χ0) is 20.0. The number of esters is 1. The molecule has 27 heavy (non-hydrogen) atoms. The maximum absolute atomic E-state index is 13.1. The predicted molar refractivity (Wildman–Crippen MR) is 91.9 cm³/mol. The highest BCUT2D eigenvalue weighted by Gasteiger charge is 2.32. The second-order valence-electron chi connectivity index (χ2n) is 5.35. The van der Waals surface area contributed by atoms with Crippen molar-refractivity contribution in [2.45, 2.75) is 6.18 Å². The van der Waals surface area contributed by atoms with E-state index in [9.17, 15) is 22.8 Å². The molecule has 0 spiro atoms. The molecule has 2 aromatic rings. The van der Waals surface area contributed by atoms with Crippen molar-refractivity contribution < 1.29 is 32.2 Å². The Kier molecular flexibility index (Phi) is 6.23. The van der Waals surface area contributed by atoms with E-state index in [1.165, 1.54) is 25.3 Å². The summed E-state index contributed by atoms with van der Waals surface area (Å²) in [4.78, 5) is 24.0. The van der Waals surface area contributed by atoms with Gasteiger partial charge in [-0.2, -0.15) is 13.2 Å². The fraction of sp³-hybridized carbons (Fsp3) is 0.158. The van der Waals surface area contributed by atoms with E-state index >= 15 is 0 Å². The summed E-state index contributed by atoms with van der Waals surface area (Å²) in [5.41, 5.74) is -0.926. The number of halogens is 3. The average Bonchev–Trinajstić information content (AvgIpc) is 2.66. The Bertz CT molecular complexity index is 861. The van der Waals surface area contributed by atoms with Crippen LogP contribution in [0.3, 0.4) is 0 Å². The predicted octanol–water partition coefficient (Wildman–Crippen LogP) is 3.66. The molecule has 0 aliphatic rings. The van der Waals surface area contributed by atoms with Crippen molar-refractivity contribution in [3.63, 3.8) is 0 Å². The molecule has 0 bridgehead atoms. The maximum Gasteiger partial charge on any atom is 0.416 e. The monoisotopic (exact) mass is 379 g/mol. The quantitative estimate of drug-likeness (QED) is 0.636. The van der Waals surface area contributed by atoms with E-state index in [0.29, 0.717) is 0 Å². The van der Waals surface area contributed by atoms with E-state index < -0.39 is 23.6 Å². The van der Waals surface area contributed by atoms with Crippen molar-refractivity contribution in [2.24, 2.45) is 0 Å². The minimum atomic E-state index is -4.64. The van der Waals surface area contributed by atoms with Crippen LogP contribution in [0.2, 0.25) is 0 Å². The summed E-state index contributed by atoms with van der Waals surface area (Å²) in [6, 6.07) is 10.9. The number of benzene rings is 2. The Morgan fingerprint density at radius 1 is 1.00 bits per heavy atom. The van der Waals surface area contributed by atoms with Gasteiger partial charge in [-0.3, -0.25) is 4.79 Å². The van der Waals surface area contributed by atoms with Crippen LogP contribution >= 0.6 is 0 Å². The van der Waals surface area contributed by atoms with Crippen molar-refractivity contribution in [3.05, 3.63) is 71.3 Å². The molecule has 8 heteroatoms. The lowest BCUT2D eigenvalue weighted by Gasteiger charge is -2.15. The molecular formula is C19H16F3NO4. The first-order valence-electron chi connectivity index (χ1n) is 7.67. The van der Waals surface area contributed by atoms with E-state index in [1.54, 1.807) is 18.2 Å². The minimum Gasteiger partial charge on any atom is -0.497 e. The van der Waals surface area contributed by atoms with Gasteiger partial charge in [-0.1, -0.05) is 18.2 Å². The van der Waals surface area contributed by atoms with Gasteiger partial charge < -0.3 is 14.8 Å². The number of carbonyl (C=O) groups excluding carboxylic acids is 2. The Morgan fingerprint density at radius 3 is 2.22 bits per heavy atom. The Morgan fingerprint density at radius 2 is 1.67 bits per heavy atom. The van der Waals surface area contributed by atoms with Crippen molar-refractivity contribution >= 4 is 17.6 Å². The highest BCUT2D eigenvalue weighted by atomic mass is 19.4. The van der Waals surface area contributed by atoms with Crippen LogP contribution in [0.5, 0.6) is 5.75 Å². The molecule has 2 rings (SSSR count). The Hall–Kier alpha value is -3.29. The SMILES string of the molecule is COC(=O)C=C(NC(=O)c1ccccc1)c1cc(OC)cc(C(F)(F)F)c1. The van der Waals surface area contributed by atoms with Gasteiger partial charge in [-0.05, 0) is 30.3 Å². The summed E-state index contributed by atoms with van der Waals surface area (Å²) >= 11 is 0. The molecule has 0 atom stereocenters. The molecule has 0 radical (unpaired) electrons. The smallest absolute Gasteiger partial charge is 0.416 e. The van der Waals surface area contributed by atoms with Crippen LogP contribution in [0.1, 0.15) is 21.5 Å². The first-order valence-corrected chi connectivity index (χ1v) is 7.67. The van der Waals surface area contributed by atoms with E-state index in [4.69, 9.17) is 4.74 Å². The summed E-state index contributed by atoms with van der Waals surface area (Å²) in [7, 11) is 2.33. The second-order valence-corrected chi connectivity index (χ2v) is 5.35. The van der Waals surface area contributed by atoms with Gasteiger partial charge in [0.1, 0.15) is 5.75 Å². The number of hydrogen-bond acceptors (Lipinski definition) is 4. The van der Waals surface area contributed by atoms with Crippen LogP contribution in [0.4, 0.5) is 13.2 Å². The highest BCUT2D eigenvalue weighted by molar-refractivity contribution is 6.02. The average molecular weight is 379 g/mol. The molecule has 0 heterocycles. The third-order valence-electron chi connectivity index (χ3n) is 3.53. The summed E-state index contributed by atoms with van der Waals surface area (Å²) in [6.07, 6.45) is -3.74. The van der Waals surface area contributed by atoms with Gasteiger partial charge in [0.2, 0.25) is 0 Å². The second kappa shape index (κ2) is 8.39. The van der Waals surface area contributed by atoms with E-state index in [0.717, 1.165) is 25.3 Å². The molecule has 0 fully saturated rings. The molecule has 0 aromatic heterocycles. The van der Waals surface area contributed by atoms with Gasteiger partial charge >= 0.3 is 12.1 Å². The van der Waals surface area contributed by atoms with Crippen LogP contribution in [-0.4, -0.2) is 26.1 Å². The number of alkyl halides is 3. The van der Waals surface area contributed by atoms with Crippen LogP contribution in [0.15, 0.2) is 54.6 Å². The molecule has 5 nitrogen and oxygen atoms in total. The third-order valence-corrected chi connectivity index (χ3v) is 3.53. The molecule has 0 unspecified atom stereocenters. The highest BCUT2D eigenvalue weighted by Crippen LogP contribution is 2.34. The van der Waals surface area contributed by atoms with Gasteiger partial charge in [0.05, 0.1) is 25.5 Å². The largest absolute Gasteiger partial charge is 0.497 e. The molecule has 142 valence electrons. The first-order chi connectivity index (χ1) is 12.7. The standard InChI is InChI=1S/C19H16F3NO4/c1-26-15-9-13(8-14(10-15)19(20,21)22)16(11-17(24)27-2)23-18(25)12-6-4-3-5-7-12/h3-11H,1-2H3,(H,23,25). The van der Waals surface area contributed by atoms with Crippen LogP contribution in [-0.2, 0) is 15.7 Å². The molecule has 0 aliphatic carbocycles. The maximum atomic E-state index is 13.1. The lowest BCUT2D eigenvalue weighted by Crippen LogP contribution is -2.23. The number of methoxy groups -OCH3 is 2. The van der Waals surface area contributed by atoms with Crippen LogP contribution in [0.25, 0.3) is 5.70 Å². The van der Waals surface area contributed by atoms with Gasteiger partial charge in [0.25, 0.3) is 5.91 Å². The number of carbonyl (C=O) groups is 2. The number of hydrogen-bond donors (Lipinski definition) is 1. The zero-order valence-corrected chi connectivity index (χ0v) is 14.5. The van der Waals surface area contributed by atoms with Crippen molar-refractivity contribution in [1.82, 2.24) is 5.32 Å². The summed E-state index contributed by atoms with van der Waals surface area (Å²) < 4.78 is 48.9. The Labute approximate surface area is 153 Å². The summed E-state index contributed by atoms with van der Waals surface area (Å²) in [5, 5.41) is 2.44. The van der Waals surface area contributed by atoms with Crippen molar-refractivity contribution in [3.8, 4) is 5.75 Å². The topological polar surface area (TPSA) is 64.6 Å². The van der Waals surface area contributed by atoms with Crippen molar-refractivity contribution in [1.29, 1.82) is 0 Å². The van der Waals surface area contributed by atoms with E-state index in [1.807, 2.05) is 0 Å². The molecule has 2 aromatic carbocycles.